The van der Waals surface area contributed by atoms with Crippen LogP contribution in [0.25, 0.3) is 0 Å². The van der Waals surface area contributed by atoms with Gasteiger partial charge >= 0.3 is 6.18 Å². The first-order valence-electron chi connectivity index (χ1n) is 4.23. The Morgan fingerprint density at radius 2 is 2.00 bits per heavy atom. The highest BCUT2D eigenvalue weighted by atomic mass is 35.5. The smallest absolute Gasteiger partial charge is 0.211 e. The fourth-order valence-electron chi connectivity index (χ4n) is 1.64. The minimum Gasteiger partial charge on any atom is -0.211 e. The molecule has 0 aromatic carbocycles. The SMILES string of the molecule is O=C=NC1CCC(Cl)C(C(F)(F)F)C1. The van der Waals surface area contributed by atoms with Gasteiger partial charge in [-0.25, -0.2) is 9.79 Å². The molecule has 1 rings (SSSR count). The van der Waals surface area contributed by atoms with Crippen LogP contribution in [0.15, 0.2) is 4.99 Å². The van der Waals surface area contributed by atoms with Crippen LogP contribution in [-0.2, 0) is 4.79 Å². The van der Waals surface area contributed by atoms with E-state index in [1.54, 1.807) is 0 Å². The normalized spacial score (nSPS) is 33.6. The number of isocyanates is 1. The number of hydrogen-bond acceptors (Lipinski definition) is 2. The van der Waals surface area contributed by atoms with Crippen LogP contribution in [0.1, 0.15) is 19.3 Å². The Bertz CT molecular complexity index is 249. The van der Waals surface area contributed by atoms with Gasteiger partial charge in [0.05, 0.1) is 12.0 Å². The summed E-state index contributed by atoms with van der Waals surface area (Å²) in [6.45, 7) is 0. The third kappa shape index (κ3) is 2.72. The molecule has 0 aromatic rings. The van der Waals surface area contributed by atoms with Crippen molar-refractivity contribution in [1.29, 1.82) is 0 Å². The maximum absolute atomic E-state index is 12.4. The third-order valence-corrected chi connectivity index (χ3v) is 2.92. The molecule has 0 saturated heterocycles. The fraction of sp³-hybridized carbons (Fsp3) is 0.875. The van der Waals surface area contributed by atoms with Crippen molar-refractivity contribution < 1.29 is 18.0 Å². The van der Waals surface area contributed by atoms with Crippen LogP contribution in [0.4, 0.5) is 13.2 Å². The Kier molecular flexibility index (Phi) is 3.56. The zero-order valence-corrected chi connectivity index (χ0v) is 7.98. The summed E-state index contributed by atoms with van der Waals surface area (Å²) in [4.78, 5) is 13.2. The van der Waals surface area contributed by atoms with Gasteiger partial charge in [0.2, 0.25) is 6.08 Å². The van der Waals surface area contributed by atoms with E-state index in [1.807, 2.05) is 0 Å². The molecule has 0 N–H and O–H groups in total. The van der Waals surface area contributed by atoms with E-state index in [-0.39, 0.29) is 12.8 Å². The van der Waals surface area contributed by atoms with Crippen molar-refractivity contribution in [2.45, 2.75) is 36.9 Å². The first-order chi connectivity index (χ1) is 6.45. The van der Waals surface area contributed by atoms with Gasteiger partial charge in [-0.3, -0.25) is 0 Å². The van der Waals surface area contributed by atoms with Crippen molar-refractivity contribution in [2.24, 2.45) is 10.9 Å². The van der Waals surface area contributed by atoms with Gasteiger partial charge in [0.1, 0.15) is 0 Å². The Morgan fingerprint density at radius 3 is 2.50 bits per heavy atom. The van der Waals surface area contributed by atoms with Crippen LogP contribution in [0, 0.1) is 5.92 Å². The van der Waals surface area contributed by atoms with Gasteiger partial charge in [-0.2, -0.15) is 13.2 Å². The molecular weight excluding hydrogens is 219 g/mol. The molecule has 3 atom stereocenters. The van der Waals surface area contributed by atoms with Crippen LogP contribution in [0.3, 0.4) is 0 Å². The van der Waals surface area contributed by atoms with Crippen molar-refractivity contribution in [3.05, 3.63) is 0 Å². The van der Waals surface area contributed by atoms with Gasteiger partial charge in [0.25, 0.3) is 0 Å². The number of halogens is 4. The van der Waals surface area contributed by atoms with Gasteiger partial charge in [-0.1, -0.05) is 0 Å². The number of nitrogens with zero attached hydrogens (tertiary/aromatic N) is 1. The van der Waals surface area contributed by atoms with Gasteiger partial charge in [0, 0.05) is 5.38 Å². The highest BCUT2D eigenvalue weighted by molar-refractivity contribution is 6.20. The summed E-state index contributed by atoms with van der Waals surface area (Å²) in [6.07, 6.45) is -2.55. The molecule has 6 heteroatoms. The first kappa shape index (κ1) is 11.5. The number of aliphatic imine (C=N–C) groups is 1. The standard InChI is InChI=1S/C8H9ClF3NO/c9-7-2-1-5(13-4-14)3-6(7)8(10,11)12/h5-7H,1-3H2. The number of carbonyl (C=O) groups excluding carboxylic acids is 1. The quantitative estimate of drug-likeness (QED) is 0.385. The molecule has 80 valence electrons. The fourth-order valence-corrected chi connectivity index (χ4v) is 2.01. The summed E-state index contributed by atoms with van der Waals surface area (Å²) in [6, 6.07) is -0.575. The molecule has 0 aliphatic heterocycles. The molecule has 0 aromatic heterocycles. The summed E-state index contributed by atoms with van der Waals surface area (Å²) < 4.78 is 37.1. The summed E-state index contributed by atoms with van der Waals surface area (Å²) in [5, 5.41) is -0.895. The minimum absolute atomic E-state index is 0.201. The molecule has 1 aliphatic carbocycles. The lowest BCUT2D eigenvalue weighted by molar-refractivity contribution is -0.181. The maximum Gasteiger partial charge on any atom is 0.393 e. The lowest BCUT2D eigenvalue weighted by Crippen LogP contribution is -2.37. The molecule has 0 heterocycles. The average Bonchev–Trinajstić information content (AvgIpc) is 2.07. The average molecular weight is 228 g/mol. The van der Waals surface area contributed by atoms with Crippen molar-refractivity contribution in [3.63, 3.8) is 0 Å². The van der Waals surface area contributed by atoms with Crippen LogP contribution in [0.2, 0.25) is 0 Å². The lowest BCUT2D eigenvalue weighted by Gasteiger charge is -2.31. The highest BCUT2D eigenvalue weighted by Gasteiger charge is 2.47. The topological polar surface area (TPSA) is 29.4 Å². The highest BCUT2D eigenvalue weighted by Crippen LogP contribution is 2.41. The molecule has 14 heavy (non-hydrogen) atoms. The molecule has 1 fully saturated rings. The molecule has 2 nitrogen and oxygen atoms in total. The van der Waals surface area contributed by atoms with E-state index >= 15 is 0 Å². The molecule has 0 bridgehead atoms. The molecule has 0 amide bonds. The van der Waals surface area contributed by atoms with E-state index in [0.29, 0.717) is 6.42 Å². The van der Waals surface area contributed by atoms with E-state index in [4.69, 9.17) is 11.6 Å². The van der Waals surface area contributed by atoms with Gasteiger partial charge in [-0.15, -0.1) is 11.6 Å². The number of rotatable bonds is 1. The number of alkyl halides is 4. The summed E-state index contributed by atoms with van der Waals surface area (Å²) in [7, 11) is 0. The van der Waals surface area contributed by atoms with Crippen molar-refractivity contribution in [3.8, 4) is 0 Å². The monoisotopic (exact) mass is 227 g/mol. The Labute approximate surface area is 84.1 Å². The second-order valence-electron chi connectivity index (χ2n) is 3.35. The Balaban J connectivity index is 2.69. The largest absolute Gasteiger partial charge is 0.393 e. The predicted molar refractivity (Wildman–Crippen MR) is 44.9 cm³/mol. The van der Waals surface area contributed by atoms with E-state index in [9.17, 15) is 18.0 Å². The van der Waals surface area contributed by atoms with Crippen LogP contribution < -0.4 is 0 Å². The van der Waals surface area contributed by atoms with Gasteiger partial charge < -0.3 is 0 Å². The van der Waals surface area contributed by atoms with E-state index in [2.05, 4.69) is 4.99 Å². The summed E-state index contributed by atoms with van der Waals surface area (Å²) in [5.74, 6) is -1.56. The van der Waals surface area contributed by atoms with Crippen LogP contribution >= 0.6 is 11.6 Å². The van der Waals surface area contributed by atoms with Gasteiger partial charge in [0.15, 0.2) is 0 Å². The van der Waals surface area contributed by atoms with E-state index in [0.717, 1.165) is 0 Å². The first-order valence-corrected chi connectivity index (χ1v) is 4.66. The predicted octanol–water partition coefficient (Wildman–Crippen LogP) is 2.66. The maximum atomic E-state index is 12.4. The van der Waals surface area contributed by atoms with Crippen LogP contribution in [-0.4, -0.2) is 23.7 Å². The van der Waals surface area contributed by atoms with Gasteiger partial charge in [-0.05, 0) is 19.3 Å². The summed E-state index contributed by atoms with van der Waals surface area (Å²) >= 11 is 5.57. The zero-order valence-electron chi connectivity index (χ0n) is 7.22. The lowest BCUT2D eigenvalue weighted by atomic mass is 9.85. The molecule has 3 unspecified atom stereocenters. The Hall–Kier alpha value is -0.540. The van der Waals surface area contributed by atoms with Crippen LogP contribution in [0.5, 0.6) is 0 Å². The Morgan fingerprint density at radius 1 is 1.36 bits per heavy atom. The number of hydrogen-bond donors (Lipinski definition) is 0. The van der Waals surface area contributed by atoms with Crippen molar-refractivity contribution in [1.82, 2.24) is 0 Å². The molecule has 0 spiro atoms. The van der Waals surface area contributed by atoms with Crippen molar-refractivity contribution >= 4 is 17.7 Å². The summed E-state index contributed by atoms with van der Waals surface area (Å²) in [5.41, 5.74) is 0. The molecule has 0 radical (unpaired) electrons. The van der Waals surface area contributed by atoms with Crippen molar-refractivity contribution in [2.75, 3.05) is 0 Å². The zero-order chi connectivity index (χ0) is 10.8. The second-order valence-corrected chi connectivity index (χ2v) is 3.91. The third-order valence-electron chi connectivity index (χ3n) is 2.39. The molecule has 1 saturated carbocycles. The van der Waals surface area contributed by atoms with E-state index < -0.39 is 23.5 Å². The van der Waals surface area contributed by atoms with E-state index in [1.165, 1.54) is 6.08 Å². The molecular formula is C8H9ClF3NO. The molecule has 1 aliphatic rings. The second kappa shape index (κ2) is 4.32. The minimum atomic E-state index is -4.30.